The molecule has 0 atom stereocenters. The van der Waals surface area contributed by atoms with E-state index in [1.165, 1.54) is 62.6 Å². The van der Waals surface area contributed by atoms with Crippen molar-refractivity contribution in [3.05, 3.63) is 66.2 Å². The first kappa shape index (κ1) is 22.7. The van der Waals surface area contributed by atoms with Crippen molar-refractivity contribution in [1.82, 2.24) is 0 Å². The van der Waals surface area contributed by atoms with Crippen LogP contribution in [0.3, 0.4) is 0 Å². The lowest BCUT2D eigenvalue weighted by Crippen LogP contribution is -2.16. The molecule has 0 aliphatic heterocycles. The maximum atomic E-state index is 12.4. The van der Waals surface area contributed by atoms with Crippen LogP contribution in [0.15, 0.2) is 60.7 Å². The molecule has 0 unspecified atom stereocenters. The number of alkyl halides is 3. The van der Waals surface area contributed by atoms with E-state index < -0.39 is 6.36 Å². The highest BCUT2D eigenvalue weighted by molar-refractivity contribution is 5.88. The summed E-state index contributed by atoms with van der Waals surface area (Å²) in [5.41, 5.74) is 3.55. The largest absolute Gasteiger partial charge is 0.573 e. The first-order valence-corrected chi connectivity index (χ1v) is 11.8. The summed E-state index contributed by atoms with van der Waals surface area (Å²) in [5.74, 6) is 1.64. The van der Waals surface area contributed by atoms with Crippen LogP contribution in [0.1, 0.15) is 57.4 Å². The Balaban J connectivity index is 1.36. The third kappa shape index (κ3) is 6.05. The highest BCUT2D eigenvalue weighted by Crippen LogP contribution is 2.34. The molecule has 1 nitrogen and oxygen atoms in total. The molecular formula is C28H31F3O. The minimum atomic E-state index is -4.68. The van der Waals surface area contributed by atoms with E-state index in [1.54, 1.807) is 6.07 Å². The minimum Gasteiger partial charge on any atom is -0.406 e. The second kappa shape index (κ2) is 9.97. The van der Waals surface area contributed by atoms with Gasteiger partial charge in [0, 0.05) is 0 Å². The number of hydrogen-bond donors (Lipinski definition) is 0. The van der Waals surface area contributed by atoms with Gasteiger partial charge in [-0.3, -0.25) is 0 Å². The van der Waals surface area contributed by atoms with E-state index in [1.807, 2.05) is 18.2 Å². The number of rotatable bonds is 7. The summed E-state index contributed by atoms with van der Waals surface area (Å²) in [4.78, 5) is 0. The van der Waals surface area contributed by atoms with Crippen molar-refractivity contribution in [1.29, 1.82) is 0 Å². The highest BCUT2D eigenvalue weighted by atomic mass is 19.4. The van der Waals surface area contributed by atoms with Crippen molar-refractivity contribution in [3.63, 3.8) is 0 Å². The van der Waals surface area contributed by atoms with E-state index in [2.05, 4.69) is 35.9 Å². The predicted molar refractivity (Wildman–Crippen MR) is 125 cm³/mol. The van der Waals surface area contributed by atoms with Gasteiger partial charge in [0.1, 0.15) is 5.75 Å². The molecule has 0 amide bonds. The molecule has 0 aromatic heterocycles. The Morgan fingerprint density at radius 1 is 0.750 bits per heavy atom. The van der Waals surface area contributed by atoms with Gasteiger partial charge in [-0.2, -0.15) is 0 Å². The molecule has 0 radical (unpaired) electrons. The van der Waals surface area contributed by atoms with Crippen LogP contribution in [0.25, 0.3) is 21.9 Å². The quantitative estimate of drug-likeness (QED) is 0.356. The summed E-state index contributed by atoms with van der Waals surface area (Å²) in [5, 5.41) is 1.61. The first-order chi connectivity index (χ1) is 15.4. The number of hydrogen-bond acceptors (Lipinski definition) is 1. The molecular weight excluding hydrogens is 409 g/mol. The molecule has 1 fully saturated rings. The van der Waals surface area contributed by atoms with Crippen molar-refractivity contribution in [2.75, 3.05) is 0 Å². The number of halogens is 3. The van der Waals surface area contributed by atoms with Gasteiger partial charge in [-0.05, 0) is 70.3 Å². The fourth-order valence-corrected chi connectivity index (χ4v) is 5.05. The van der Waals surface area contributed by atoms with Gasteiger partial charge in [-0.15, -0.1) is 13.2 Å². The predicted octanol–water partition coefficient (Wildman–Crippen LogP) is 8.94. The van der Waals surface area contributed by atoms with E-state index in [0.717, 1.165) is 40.2 Å². The van der Waals surface area contributed by atoms with E-state index >= 15 is 0 Å². The average molecular weight is 441 g/mol. The smallest absolute Gasteiger partial charge is 0.406 e. The molecule has 0 bridgehead atoms. The van der Waals surface area contributed by atoms with Crippen LogP contribution >= 0.6 is 0 Å². The molecule has 1 aliphatic carbocycles. The van der Waals surface area contributed by atoms with Crippen LogP contribution in [-0.2, 0) is 6.42 Å². The van der Waals surface area contributed by atoms with Crippen molar-refractivity contribution < 1.29 is 17.9 Å². The molecule has 0 heterocycles. The van der Waals surface area contributed by atoms with Crippen molar-refractivity contribution in [2.45, 2.75) is 64.7 Å². The molecule has 170 valence electrons. The van der Waals surface area contributed by atoms with Gasteiger partial charge in [0.05, 0.1) is 0 Å². The molecule has 0 spiro atoms. The van der Waals surface area contributed by atoms with Gasteiger partial charge in [0.2, 0.25) is 0 Å². The van der Waals surface area contributed by atoms with Gasteiger partial charge in [-0.25, -0.2) is 0 Å². The first-order valence-electron chi connectivity index (χ1n) is 11.8. The minimum absolute atomic E-state index is 0.194. The standard InChI is InChI=1S/C28H31F3O/c1-2-3-20-4-6-21(7-5-20)8-9-22-10-12-23(13-11-22)24-14-15-26-19-27(32-28(29,30)31)17-16-25(26)18-24/h10-21H,2-9H2,1H3/t20-,21-. The van der Waals surface area contributed by atoms with Crippen molar-refractivity contribution in [3.8, 4) is 16.9 Å². The SMILES string of the molecule is CCC[C@H]1CC[C@H](CCc2ccc(-c3ccc4cc(OC(F)(F)F)ccc4c3)cc2)CC1. The zero-order chi connectivity index (χ0) is 22.6. The number of fused-ring (bicyclic) bond motifs is 1. The molecule has 0 saturated heterocycles. The molecule has 3 aromatic rings. The van der Waals surface area contributed by atoms with Crippen LogP contribution in [0, 0.1) is 11.8 Å². The Kier molecular flexibility index (Phi) is 7.07. The number of ether oxygens (including phenoxy) is 1. The maximum absolute atomic E-state index is 12.4. The summed E-state index contributed by atoms with van der Waals surface area (Å²) < 4.78 is 41.3. The van der Waals surface area contributed by atoms with Crippen molar-refractivity contribution in [2.24, 2.45) is 11.8 Å². The van der Waals surface area contributed by atoms with Crippen LogP contribution in [0.5, 0.6) is 5.75 Å². The number of aryl methyl sites for hydroxylation is 1. The normalized spacial score (nSPS) is 19.2. The summed E-state index contributed by atoms with van der Waals surface area (Å²) in [7, 11) is 0. The Morgan fingerprint density at radius 2 is 1.34 bits per heavy atom. The molecule has 3 aromatic carbocycles. The van der Waals surface area contributed by atoms with Gasteiger partial charge in [0.15, 0.2) is 0 Å². The Morgan fingerprint density at radius 3 is 2.00 bits per heavy atom. The molecule has 4 heteroatoms. The fourth-order valence-electron chi connectivity index (χ4n) is 5.05. The van der Waals surface area contributed by atoms with Gasteiger partial charge < -0.3 is 4.74 Å². The molecule has 4 rings (SSSR count). The lowest BCUT2D eigenvalue weighted by molar-refractivity contribution is -0.274. The van der Waals surface area contributed by atoms with Crippen LogP contribution in [0.2, 0.25) is 0 Å². The van der Waals surface area contributed by atoms with E-state index in [4.69, 9.17) is 0 Å². The summed E-state index contributed by atoms with van der Waals surface area (Å²) in [6.07, 6.45) is 6.01. The zero-order valence-electron chi connectivity index (χ0n) is 18.6. The van der Waals surface area contributed by atoms with E-state index in [9.17, 15) is 13.2 Å². The summed E-state index contributed by atoms with van der Waals surface area (Å²) >= 11 is 0. The Bertz CT molecular complexity index is 1020. The molecule has 1 aliphatic rings. The fraction of sp³-hybridized carbons (Fsp3) is 0.429. The average Bonchev–Trinajstić information content (AvgIpc) is 2.78. The van der Waals surface area contributed by atoms with Gasteiger partial charge in [0.25, 0.3) is 0 Å². The zero-order valence-corrected chi connectivity index (χ0v) is 18.6. The monoisotopic (exact) mass is 440 g/mol. The Labute approximate surface area is 188 Å². The lowest BCUT2D eigenvalue weighted by atomic mass is 9.78. The van der Waals surface area contributed by atoms with E-state index in [-0.39, 0.29) is 5.75 Å². The molecule has 0 N–H and O–H groups in total. The summed E-state index contributed by atoms with van der Waals surface area (Å²) in [6.45, 7) is 2.29. The van der Waals surface area contributed by atoms with E-state index in [0.29, 0.717) is 0 Å². The topological polar surface area (TPSA) is 9.23 Å². The Hall–Kier alpha value is -2.49. The van der Waals surface area contributed by atoms with Gasteiger partial charge in [-0.1, -0.05) is 87.9 Å². The summed E-state index contributed by atoms with van der Waals surface area (Å²) in [6, 6.07) is 19.0. The van der Waals surface area contributed by atoms with Crippen LogP contribution in [-0.4, -0.2) is 6.36 Å². The van der Waals surface area contributed by atoms with Gasteiger partial charge >= 0.3 is 6.36 Å². The third-order valence-corrected chi connectivity index (χ3v) is 6.84. The third-order valence-electron chi connectivity index (χ3n) is 6.84. The molecule has 1 saturated carbocycles. The molecule has 32 heavy (non-hydrogen) atoms. The van der Waals surface area contributed by atoms with Crippen LogP contribution < -0.4 is 4.74 Å². The second-order valence-corrected chi connectivity index (χ2v) is 9.18. The second-order valence-electron chi connectivity index (χ2n) is 9.18. The lowest BCUT2D eigenvalue weighted by Gasteiger charge is -2.28. The van der Waals surface area contributed by atoms with Crippen LogP contribution in [0.4, 0.5) is 13.2 Å². The maximum Gasteiger partial charge on any atom is 0.573 e. The highest BCUT2D eigenvalue weighted by Gasteiger charge is 2.31. The number of benzene rings is 3. The van der Waals surface area contributed by atoms with Crippen molar-refractivity contribution >= 4 is 10.8 Å².